The summed E-state index contributed by atoms with van der Waals surface area (Å²) in [5.74, 6) is 6.17. The van der Waals surface area contributed by atoms with Gasteiger partial charge in [-0.25, -0.2) is 4.79 Å². The summed E-state index contributed by atoms with van der Waals surface area (Å²) < 4.78 is 5.70. The Kier molecular flexibility index (Phi) is 3.67. The molecular formula is C18H16O3S. The molecule has 1 N–H and O–H groups in total. The van der Waals surface area contributed by atoms with Crippen molar-refractivity contribution >= 4 is 17.3 Å². The van der Waals surface area contributed by atoms with Crippen molar-refractivity contribution in [1.29, 1.82) is 0 Å². The lowest BCUT2D eigenvalue weighted by atomic mass is 9.79. The third-order valence-corrected chi connectivity index (χ3v) is 4.83. The van der Waals surface area contributed by atoms with Crippen molar-refractivity contribution in [3.05, 3.63) is 51.2 Å². The van der Waals surface area contributed by atoms with E-state index in [0.29, 0.717) is 4.88 Å². The molecule has 2 heterocycles. The zero-order valence-electron chi connectivity index (χ0n) is 12.5. The number of fused-ring (bicyclic) bond motifs is 1. The standard InChI is InChI=1S/C18H16O3S/c1-18(2)9-10-21-15-7-4-12(11-14(15)18)3-5-13-6-8-16(22-13)17(19)20/h4,6-8,11H,9-10H2,1-2H3,(H,19,20). The van der Waals surface area contributed by atoms with Gasteiger partial charge in [-0.2, -0.15) is 0 Å². The van der Waals surface area contributed by atoms with Gasteiger partial charge in [-0.15, -0.1) is 11.3 Å². The molecule has 1 aromatic heterocycles. The van der Waals surface area contributed by atoms with E-state index in [4.69, 9.17) is 9.84 Å². The summed E-state index contributed by atoms with van der Waals surface area (Å²) in [5.41, 5.74) is 2.19. The highest BCUT2D eigenvalue weighted by Gasteiger charge is 2.28. The summed E-state index contributed by atoms with van der Waals surface area (Å²) in [7, 11) is 0. The van der Waals surface area contributed by atoms with Gasteiger partial charge in [0.05, 0.1) is 11.5 Å². The number of aromatic carboxylic acids is 1. The smallest absolute Gasteiger partial charge is 0.345 e. The quantitative estimate of drug-likeness (QED) is 0.812. The van der Waals surface area contributed by atoms with Crippen LogP contribution in [0.2, 0.25) is 0 Å². The van der Waals surface area contributed by atoms with Crippen LogP contribution >= 0.6 is 11.3 Å². The Morgan fingerprint density at radius 2 is 2.09 bits per heavy atom. The summed E-state index contributed by atoms with van der Waals surface area (Å²) in [5, 5.41) is 8.92. The van der Waals surface area contributed by atoms with Crippen LogP contribution in [0.15, 0.2) is 30.3 Å². The van der Waals surface area contributed by atoms with Crippen LogP contribution in [0.5, 0.6) is 5.75 Å². The van der Waals surface area contributed by atoms with E-state index in [9.17, 15) is 4.79 Å². The molecule has 1 aromatic carbocycles. The molecule has 2 aromatic rings. The molecule has 0 unspecified atom stereocenters. The summed E-state index contributed by atoms with van der Waals surface area (Å²) in [6.45, 7) is 5.17. The molecule has 1 aliphatic rings. The number of rotatable bonds is 1. The second kappa shape index (κ2) is 5.51. The van der Waals surface area contributed by atoms with Gasteiger partial charge in [0.15, 0.2) is 0 Å². The molecule has 0 saturated carbocycles. The minimum atomic E-state index is -0.911. The monoisotopic (exact) mass is 312 g/mol. The van der Waals surface area contributed by atoms with E-state index in [1.807, 2.05) is 12.1 Å². The van der Waals surface area contributed by atoms with Gasteiger partial charge in [-0.05, 0) is 42.2 Å². The van der Waals surface area contributed by atoms with Crippen molar-refractivity contribution < 1.29 is 14.6 Å². The van der Waals surface area contributed by atoms with E-state index in [1.54, 1.807) is 12.1 Å². The van der Waals surface area contributed by atoms with Gasteiger partial charge in [0.25, 0.3) is 0 Å². The van der Waals surface area contributed by atoms with Gasteiger partial charge >= 0.3 is 5.97 Å². The van der Waals surface area contributed by atoms with Crippen molar-refractivity contribution in [1.82, 2.24) is 0 Å². The van der Waals surface area contributed by atoms with Crippen LogP contribution in [-0.4, -0.2) is 17.7 Å². The number of carboxylic acid groups (broad SMARTS) is 1. The Labute approximate surface area is 133 Å². The zero-order chi connectivity index (χ0) is 15.7. The van der Waals surface area contributed by atoms with Gasteiger partial charge in [-0.1, -0.05) is 25.7 Å². The Hall–Kier alpha value is -2.25. The molecule has 4 heteroatoms. The van der Waals surface area contributed by atoms with Crippen LogP contribution < -0.4 is 4.74 Å². The molecule has 0 fully saturated rings. The van der Waals surface area contributed by atoms with Gasteiger partial charge in [0.2, 0.25) is 0 Å². The Bertz CT molecular complexity index is 790. The first-order valence-corrected chi connectivity index (χ1v) is 7.90. The molecule has 3 rings (SSSR count). The van der Waals surface area contributed by atoms with Crippen LogP contribution in [0.3, 0.4) is 0 Å². The molecule has 0 bridgehead atoms. The van der Waals surface area contributed by atoms with E-state index < -0.39 is 5.97 Å². The van der Waals surface area contributed by atoms with E-state index in [-0.39, 0.29) is 5.41 Å². The largest absolute Gasteiger partial charge is 0.493 e. The average Bonchev–Trinajstić information content (AvgIpc) is 2.94. The maximum absolute atomic E-state index is 10.9. The predicted molar refractivity (Wildman–Crippen MR) is 86.8 cm³/mol. The Morgan fingerprint density at radius 3 is 2.82 bits per heavy atom. The first-order valence-electron chi connectivity index (χ1n) is 7.08. The van der Waals surface area contributed by atoms with Crippen LogP contribution in [-0.2, 0) is 5.41 Å². The SMILES string of the molecule is CC1(C)CCOc2ccc(C#Cc3ccc(C(=O)O)s3)cc21. The van der Waals surface area contributed by atoms with Crippen molar-refractivity contribution in [2.24, 2.45) is 0 Å². The maximum atomic E-state index is 10.9. The summed E-state index contributed by atoms with van der Waals surface area (Å²) in [6.07, 6.45) is 0.990. The van der Waals surface area contributed by atoms with Crippen LogP contribution in [0.25, 0.3) is 0 Å². The fourth-order valence-corrected chi connectivity index (χ4v) is 3.17. The lowest BCUT2D eigenvalue weighted by molar-refractivity contribution is 0.0702. The first-order chi connectivity index (χ1) is 10.5. The normalized spacial score (nSPS) is 15.2. The molecule has 0 atom stereocenters. The topological polar surface area (TPSA) is 46.5 Å². The van der Waals surface area contributed by atoms with Gasteiger partial charge < -0.3 is 9.84 Å². The molecule has 1 aliphatic heterocycles. The van der Waals surface area contributed by atoms with Crippen LogP contribution in [0, 0.1) is 11.8 Å². The van der Waals surface area contributed by atoms with E-state index in [0.717, 1.165) is 29.2 Å². The zero-order valence-corrected chi connectivity index (χ0v) is 13.3. The lowest BCUT2D eigenvalue weighted by Crippen LogP contribution is -2.26. The highest BCUT2D eigenvalue weighted by molar-refractivity contribution is 7.14. The second-order valence-electron chi connectivity index (χ2n) is 5.91. The third kappa shape index (κ3) is 2.86. The Morgan fingerprint density at radius 1 is 1.27 bits per heavy atom. The van der Waals surface area contributed by atoms with E-state index >= 15 is 0 Å². The van der Waals surface area contributed by atoms with Crippen molar-refractivity contribution in [2.75, 3.05) is 6.61 Å². The maximum Gasteiger partial charge on any atom is 0.345 e. The average molecular weight is 312 g/mol. The molecule has 3 nitrogen and oxygen atoms in total. The summed E-state index contributed by atoms with van der Waals surface area (Å²) in [4.78, 5) is 11.9. The lowest BCUT2D eigenvalue weighted by Gasteiger charge is -2.32. The molecule has 22 heavy (non-hydrogen) atoms. The molecule has 0 radical (unpaired) electrons. The highest BCUT2D eigenvalue weighted by Crippen LogP contribution is 2.38. The van der Waals surface area contributed by atoms with E-state index in [1.165, 1.54) is 16.9 Å². The molecule has 112 valence electrons. The molecular weight excluding hydrogens is 296 g/mol. The third-order valence-electron chi connectivity index (χ3n) is 3.84. The summed E-state index contributed by atoms with van der Waals surface area (Å²) in [6, 6.07) is 9.32. The molecule has 0 spiro atoms. The number of carboxylic acids is 1. The number of ether oxygens (including phenoxy) is 1. The summed E-state index contributed by atoms with van der Waals surface area (Å²) >= 11 is 1.19. The van der Waals surface area contributed by atoms with Gasteiger partial charge in [0, 0.05) is 11.1 Å². The van der Waals surface area contributed by atoms with Crippen LogP contribution in [0.1, 0.15) is 45.9 Å². The van der Waals surface area contributed by atoms with Gasteiger partial charge in [-0.3, -0.25) is 0 Å². The predicted octanol–water partition coefficient (Wildman–Crippen LogP) is 3.91. The fraction of sp³-hybridized carbons (Fsp3) is 0.278. The molecule has 0 saturated heterocycles. The minimum Gasteiger partial charge on any atom is -0.493 e. The van der Waals surface area contributed by atoms with Crippen molar-refractivity contribution in [3.63, 3.8) is 0 Å². The number of carbonyl (C=O) groups is 1. The number of hydrogen-bond acceptors (Lipinski definition) is 3. The number of hydrogen-bond donors (Lipinski definition) is 1. The van der Waals surface area contributed by atoms with Gasteiger partial charge in [0.1, 0.15) is 10.6 Å². The second-order valence-corrected chi connectivity index (χ2v) is 7.00. The van der Waals surface area contributed by atoms with Crippen molar-refractivity contribution in [3.8, 4) is 17.6 Å². The fourth-order valence-electron chi connectivity index (χ4n) is 2.47. The first kappa shape index (κ1) is 14.7. The van der Waals surface area contributed by atoms with Crippen LogP contribution in [0.4, 0.5) is 0 Å². The van der Waals surface area contributed by atoms with E-state index in [2.05, 4.69) is 31.8 Å². The Balaban J connectivity index is 1.91. The minimum absolute atomic E-state index is 0.0880. The highest BCUT2D eigenvalue weighted by atomic mass is 32.1. The molecule has 0 aliphatic carbocycles. The number of benzene rings is 1. The molecule has 0 amide bonds. The van der Waals surface area contributed by atoms with Crippen molar-refractivity contribution in [2.45, 2.75) is 25.7 Å². The number of thiophene rings is 1.